The SMILES string of the molecule is CON=C(C(=O)NC1C(=O)N2C(C(=O)OCc3ccc([N+](=O)[O-])cc3)=C(O)CS[C@H]12)c1csc(N)n1. The van der Waals surface area contributed by atoms with Gasteiger partial charge in [0.05, 0.1) is 10.7 Å². The molecule has 1 fully saturated rings. The number of aliphatic hydroxyl groups is 1. The van der Waals surface area contributed by atoms with Gasteiger partial charge in [-0.3, -0.25) is 24.6 Å². The number of ether oxygens (including phenoxy) is 1. The molecule has 1 aromatic heterocycles. The second-order valence-corrected chi connectivity index (χ2v) is 9.34. The predicted octanol–water partition coefficient (Wildman–Crippen LogP) is 0.897. The minimum Gasteiger partial charge on any atom is -0.509 e. The van der Waals surface area contributed by atoms with Gasteiger partial charge in [0.1, 0.15) is 36.6 Å². The van der Waals surface area contributed by atoms with Gasteiger partial charge in [0, 0.05) is 17.5 Å². The van der Waals surface area contributed by atoms with E-state index in [2.05, 4.69) is 15.5 Å². The lowest BCUT2D eigenvalue weighted by atomic mass is 10.0. The summed E-state index contributed by atoms with van der Waals surface area (Å²) < 4.78 is 5.21. The molecule has 2 atom stereocenters. The van der Waals surface area contributed by atoms with Crippen molar-refractivity contribution in [3.8, 4) is 0 Å². The smallest absolute Gasteiger partial charge is 0.358 e. The predicted molar refractivity (Wildman–Crippen MR) is 128 cm³/mol. The maximum absolute atomic E-state index is 12.9. The van der Waals surface area contributed by atoms with Crippen LogP contribution in [-0.4, -0.2) is 67.7 Å². The first-order valence-corrected chi connectivity index (χ1v) is 12.0. The number of nitro groups is 1. The third-order valence-electron chi connectivity index (χ3n) is 5.11. The van der Waals surface area contributed by atoms with Crippen LogP contribution in [0.3, 0.4) is 0 Å². The Hall–Kier alpha value is -4.18. The molecule has 0 saturated carbocycles. The molecule has 14 nitrogen and oxygen atoms in total. The highest BCUT2D eigenvalue weighted by Gasteiger charge is 2.55. The van der Waals surface area contributed by atoms with Crippen molar-refractivity contribution in [2.45, 2.75) is 18.0 Å². The zero-order valence-electron chi connectivity index (χ0n) is 18.4. The van der Waals surface area contributed by atoms with Gasteiger partial charge in [-0.25, -0.2) is 9.78 Å². The lowest BCUT2D eigenvalue weighted by Crippen LogP contribution is -2.71. The molecule has 0 aliphatic carbocycles. The summed E-state index contributed by atoms with van der Waals surface area (Å²) >= 11 is 2.24. The molecule has 2 amide bonds. The highest BCUT2D eigenvalue weighted by molar-refractivity contribution is 8.00. The summed E-state index contributed by atoms with van der Waals surface area (Å²) in [6.45, 7) is -0.235. The number of amides is 2. The molecule has 4 rings (SSSR count). The number of anilines is 1. The summed E-state index contributed by atoms with van der Waals surface area (Å²) in [4.78, 5) is 58.3. The Morgan fingerprint density at radius 3 is 2.72 bits per heavy atom. The molecule has 36 heavy (non-hydrogen) atoms. The Balaban J connectivity index is 1.43. The number of nitrogens with one attached hydrogen (secondary N) is 1. The van der Waals surface area contributed by atoms with Gasteiger partial charge in [0.15, 0.2) is 16.5 Å². The number of esters is 1. The fourth-order valence-electron chi connectivity index (χ4n) is 3.43. The van der Waals surface area contributed by atoms with Crippen molar-refractivity contribution in [3.05, 3.63) is 62.5 Å². The van der Waals surface area contributed by atoms with Crippen molar-refractivity contribution in [2.24, 2.45) is 5.16 Å². The van der Waals surface area contributed by atoms with Crippen LogP contribution >= 0.6 is 23.1 Å². The first-order chi connectivity index (χ1) is 17.2. The van der Waals surface area contributed by atoms with Gasteiger partial charge in [0.2, 0.25) is 0 Å². The average Bonchev–Trinajstić information content (AvgIpc) is 3.29. The zero-order chi connectivity index (χ0) is 26.0. The largest absolute Gasteiger partial charge is 0.509 e. The van der Waals surface area contributed by atoms with Crippen LogP contribution < -0.4 is 11.1 Å². The normalized spacial score (nSPS) is 19.3. The molecule has 2 aliphatic rings. The molecule has 16 heteroatoms. The highest BCUT2D eigenvalue weighted by Crippen LogP contribution is 2.40. The number of hydrogen-bond acceptors (Lipinski definition) is 13. The number of aromatic nitrogens is 1. The van der Waals surface area contributed by atoms with Crippen LogP contribution in [0.25, 0.3) is 0 Å². The van der Waals surface area contributed by atoms with E-state index in [1.165, 1.54) is 36.8 Å². The number of oxime groups is 1. The van der Waals surface area contributed by atoms with Crippen molar-refractivity contribution in [1.82, 2.24) is 15.2 Å². The topological polar surface area (TPSA) is 200 Å². The molecule has 2 aromatic rings. The molecule has 1 aromatic carbocycles. The van der Waals surface area contributed by atoms with E-state index >= 15 is 0 Å². The second-order valence-electron chi connectivity index (χ2n) is 7.35. The highest BCUT2D eigenvalue weighted by atomic mass is 32.2. The van der Waals surface area contributed by atoms with Crippen LogP contribution in [0.1, 0.15) is 11.3 Å². The van der Waals surface area contributed by atoms with Gasteiger partial charge in [-0.2, -0.15) is 0 Å². The van der Waals surface area contributed by atoms with Crippen LogP contribution in [0, 0.1) is 10.1 Å². The lowest BCUT2D eigenvalue weighted by Gasteiger charge is -2.48. The standard InChI is InChI=1S/C20H18N6O8S2/c1-33-24-13(11-7-36-20(21)22-11)16(28)23-14-17(29)25-15(12(27)8-35-18(14)25)19(30)34-6-9-2-4-10(5-3-9)26(31)32/h2-5,7,14,18,27H,6,8H2,1H3,(H2,21,22)(H,23,28)/t14?,18-/m1/s1. The first-order valence-electron chi connectivity index (χ1n) is 10.1. The molecule has 0 spiro atoms. The summed E-state index contributed by atoms with van der Waals surface area (Å²) in [6.07, 6.45) is 0. The number of carbonyl (C=O) groups excluding carboxylic acids is 3. The Labute approximate surface area is 210 Å². The number of aliphatic hydroxyl groups excluding tert-OH is 1. The summed E-state index contributed by atoms with van der Waals surface area (Å²) in [5.74, 6) is -2.66. The van der Waals surface area contributed by atoms with Gasteiger partial charge in [-0.1, -0.05) is 5.16 Å². The van der Waals surface area contributed by atoms with Crippen molar-refractivity contribution in [3.63, 3.8) is 0 Å². The van der Waals surface area contributed by atoms with Crippen LogP contribution in [-0.2, 0) is 30.6 Å². The number of rotatable bonds is 8. The zero-order valence-corrected chi connectivity index (χ0v) is 20.1. The molecule has 2 aliphatic heterocycles. The lowest BCUT2D eigenvalue weighted by molar-refractivity contribution is -0.384. The van der Waals surface area contributed by atoms with Crippen molar-refractivity contribution in [2.75, 3.05) is 18.6 Å². The molecular weight excluding hydrogens is 516 g/mol. The van der Waals surface area contributed by atoms with Crippen molar-refractivity contribution in [1.29, 1.82) is 0 Å². The maximum atomic E-state index is 12.9. The number of carbonyl (C=O) groups is 3. The van der Waals surface area contributed by atoms with Crippen molar-refractivity contribution >= 4 is 57.4 Å². The van der Waals surface area contributed by atoms with E-state index < -0.39 is 34.1 Å². The Bertz CT molecular complexity index is 1290. The number of nitrogens with zero attached hydrogens (tertiary/aromatic N) is 4. The Kier molecular flexibility index (Phi) is 7.07. The number of thiazole rings is 1. The summed E-state index contributed by atoms with van der Waals surface area (Å²) in [5, 5.41) is 28.3. The van der Waals surface area contributed by atoms with Gasteiger partial charge >= 0.3 is 5.97 Å². The number of non-ortho nitro benzene ring substituents is 1. The summed E-state index contributed by atoms with van der Waals surface area (Å²) in [6, 6.07) is 4.37. The number of β-lactam (4-membered cyclic amide) rings is 1. The molecular formula is C20H18N6O8S2. The summed E-state index contributed by atoms with van der Waals surface area (Å²) in [5.41, 5.74) is 5.64. The van der Waals surface area contributed by atoms with Crippen LogP contribution in [0.15, 0.2) is 46.3 Å². The van der Waals surface area contributed by atoms with Gasteiger partial charge in [-0.15, -0.1) is 23.1 Å². The molecule has 0 bridgehead atoms. The Morgan fingerprint density at radius 2 is 2.11 bits per heavy atom. The van der Waals surface area contributed by atoms with E-state index in [9.17, 15) is 29.6 Å². The van der Waals surface area contributed by atoms with E-state index in [1.54, 1.807) is 0 Å². The molecule has 1 unspecified atom stereocenters. The number of nitrogens with two attached hydrogens (primary N) is 1. The maximum Gasteiger partial charge on any atom is 0.358 e. The average molecular weight is 535 g/mol. The number of fused-ring (bicyclic) bond motifs is 1. The van der Waals surface area contributed by atoms with Crippen molar-refractivity contribution < 1.29 is 34.0 Å². The van der Waals surface area contributed by atoms with Gasteiger partial charge in [0.25, 0.3) is 17.5 Å². The number of nitro benzene ring substituents is 1. The number of hydrogen-bond donors (Lipinski definition) is 3. The van der Waals surface area contributed by atoms with Crippen LogP contribution in [0.4, 0.5) is 10.8 Å². The van der Waals surface area contributed by atoms with E-state index in [0.29, 0.717) is 5.56 Å². The van der Waals surface area contributed by atoms with E-state index in [-0.39, 0.29) is 46.0 Å². The third kappa shape index (κ3) is 4.80. The molecule has 3 heterocycles. The fourth-order valence-corrected chi connectivity index (χ4v) is 5.17. The number of thioether (sulfide) groups is 1. The molecule has 0 radical (unpaired) electrons. The number of benzene rings is 1. The molecule has 1 saturated heterocycles. The second kappa shape index (κ2) is 10.2. The van der Waals surface area contributed by atoms with Crippen LogP contribution in [0.5, 0.6) is 0 Å². The third-order valence-corrected chi connectivity index (χ3v) is 7.05. The van der Waals surface area contributed by atoms with Gasteiger partial charge in [-0.05, 0) is 17.7 Å². The summed E-state index contributed by atoms with van der Waals surface area (Å²) in [7, 11) is 1.25. The van der Waals surface area contributed by atoms with E-state index in [1.807, 2.05) is 0 Å². The minimum absolute atomic E-state index is 0.00438. The molecule has 188 valence electrons. The first kappa shape index (κ1) is 24.9. The number of nitrogen functional groups attached to an aromatic ring is 1. The molecule has 4 N–H and O–H groups in total. The minimum atomic E-state index is -1.01. The fraction of sp³-hybridized carbons (Fsp3) is 0.250. The Morgan fingerprint density at radius 1 is 1.39 bits per heavy atom. The van der Waals surface area contributed by atoms with E-state index in [4.69, 9.17) is 15.3 Å². The van der Waals surface area contributed by atoms with Gasteiger partial charge < -0.3 is 25.7 Å². The van der Waals surface area contributed by atoms with Crippen LogP contribution in [0.2, 0.25) is 0 Å². The monoisotopic (exact) mass is 534 g/mol. The van der Waals surface area contributed by atoms with E-state index in [0.717, 1.165) is 28.0 Å². The quantitative estimate of drug-likeness (QED) is 0.143.